The van der Waals surface area contributed by atoms with Gasteiger partial charge in [-0.15, -0.1) is 0 Å². The van der Waals surface area contributed by atoms with E-state index < -0.39 is 0 Å². The van der Waals surface area contributed by atoms with Gasteiger partial charge in [-0.1, -0.05) is 18.9 Å². The van der Waals surface area contributed by atoms with Gasteiger partial charge in [-0.05, 0) is 30.5 Å². The van der Waals surface area contributed by atoms with Crippen molar-refractivity contribution >= 4 is 0 Å². The molecule has 4 rings (SSSR count). The van der Waals surface area contributed by atoms with E-state index in [4.69, 9.17) is 0 Å². The average Bonchev–Trinajstić information content (AvgIpc) is 3.00. The summed E-state index contributed by atoms with van der Waals surface area (Å²) in [7, 11) is 0. The van der Waals surface area contributed by atoms with Crippen LogP contribution in [0.3, 0.4) is 0 Å². The highest BCUT2D eigenvalue weighted by Gasteiger charge is 2.38. The zero-order chi connectivity index (χ0) is 13.7. The van der Waals surface area contributed by atoms with Crippen LogP contribution >= 0.6 is 0 Å². The zero-order valence-corrected chi connectivity index (χ0v) is 11.2. The number of halogens is 1. The van der Waals surface area contributed by atoms with Crippen molar-refractivity contribution in [1.82, 2.24) is 9.55 Å². The third kappa shape index (κ3) is 1.64. The van der Waals surface area contributed by atoms with Crippen molar-refractivity contribution in [3.63, 3.8) is 0 Å². The maximum absolute atomic E-state index is 13.5. The molecule has 2 heterocycles. The molecule has 2 aromatic rings. The van der Waals surface area contributed by atoms with Crippen LogP contribution in [0.5, 0.6) is 0 Å². The molecule has 0 radical (unpaired) electrons. The number of aliphatic hydroxyl groups is 1. The highest BCUT2D eigenvalue weighted by atomic mass is 19.1. The van der Waals surface area contributed by atoms with Gasteiger partial charge in [0.15, 0.2) is 0 Å². The largest absolute Gasteiger partial charge is 0.393 e. The predicted octanol–water partition coefficient (Wildman–Crippen LogP) is 3.14. The number of hydrogen-bond donors (Lipinski definition) is 1. The molecule has 2 aliphatic rings. The molecule has 3 atom stereocenters. The summed E-state index contributed by atoms with van der Waals surface area (Å²) in [5.41, 5.74) is 3.00. The fourth-order valence-electron chi connectivity index (χ4n) is 3.84. The zero-order valence-electron chi connectivity index (χ0n) is 11.2. The summed E-state index contributed by atoms with van der Waals surface area (Å²) in [6.45, 7) is 0. The Labute approximate surface area is 117 Å². The standard InChI is InChI=1S/C16H17FN2O/c17-10-5-6-11-13(7-10)14-8-18-9-19(14)16(11)12-3-1-2-4-15(12)20/h5-9,12,15-16,20H,1-4H2/t12-,15-,16+/m1/s1. The second kappa shape index (κ2) is 4.42. The van der Waals surface area contributed by atoms with Crippen molar-refractivity contribution < 1.29 is 9.50 Å². The Hall–Kier alpha value is -1.68. The third-order valence-electron chi connectivity index (χ3n) is 4.76. The van der Waals surface area contributed by atoms with Gasteiger partial charge in [0, 0.05) is 11.5 Å². The van der Waals surface area contributed by atoms with Gasteiger partial charge in [0.1, 0.15) is 5.82 Å². The lowest BCUT2D eigenvalue weighted by molar-refractivity contribution is 0.0504. The van der Waals surface area contributed by atoms with Crippen molar-refractivity contribution in [2.75, 3.05) is 0 Å². The van der Waals surface area contributed by atoms with E-state index in [-0.39, 0.29) is 23.9 Å². The molecule has 1 aromatic carbocycles. The molecule has 1 saturated carbocycles. The first kappa shape index (κ1) is 12.1. The fraction of sp³-hybridized carbons (Fsp3) is 0.438. The number of fused-ring (bicyclic) bond motifs is 3. The van der Waals surface area contributed by atoms with Crippen LogP contribution in [0.2, 0.25) is 0 Å². The second-order valence-corrected chi connectivity index (χ2v) is 5.88. The van der Waals surface area contributed by atoms with E-state index in [1.807, 2.05) is 6.07 Å². The van der Waals surface area contributed by atoms with Gasteiger partial charge in [-0.25, -0.2) is 9.37 Å². The summed E-state index contributed by atoms with van der Waals surface area (Å²) in [6, 6.07) is 5.06. The average molecular weight is 272 g/mol. The smallest absolute Gasteiger partial charge is 0.123 e. The van der Waals surface area contributed by atoms with Gasteiger partial charge in [0.05, 0.1) is 30.4 Å². The predicted molar refractivity (Wildman–Crippen MR) is 73.7 cm³/mol. The van der Waals surface area contributed by atoms with Crippen molar-refractivity contribution in [1.29, 1.82) is 0 Å². The lowest BCUT2D eigenvalue weighted by atomic mass is 9.79. The molecule has 0 amide bonds. The first-order valence-electron chi connectivity index (χ1n) is 7.25. The highest BCUT2D eigenvalue weighted by Crippen LogP contribution is 2.47. The molecular weight excluding hydrogens is 255 g/mol. The lowest BCUT2D eigenvalue weighted by Gasteiger charge is -2.33. The number of benzene rings is 1. The molecule has 1 fully saturated rings. The van der Waals surface area contributed by atoms with E-state index in [2.05, 4.69) is 9.55 Å². The van der Waals surface area contributed by atoms with E-state index in [0.717, 1.165) is 42.5 Å². The maximum Gasteiger partial charge on any atom is 0.123 e. The van der Waals surface area contributed by atoms with Gasteiger partial charge in [0.2, 0.25) is 0 Å². The van der Waals surface area contributed by atoms with Crippen molar-refractivity contribution in [3.05, 3.63) is 42.1 Å². The molecule has 0 bridgehead atoms. The number of aromatic nitrogens is 2. The van der Waals surface area contributed by atoms with Gasteiger partial charge >= 0.3 is 0 Å². The summed E-state index contributed by atoms with van der Waals surface area (Å²) < 4.78 is 15.6. The number of nitrogens with zero attached hydrogens (tertiary/aromatic N) is 2. The first-order chi connectivity index (χ1) is 9.75. The Bertz CT molecular complexity index is 652. The summed E-state index contributed by atoms with van der Waals surface area (Å²) in [6.07, 6.45) is 7.44. The normalized spacial score (nSPS) is 28.2. The van der Waals surface area contributed by atoms with Crippen LogP contribution in [0.4, 0.5) is 4.39 Å². The molecule has 0 spiro atoms. The van der Waals surface area contributed by atoms with Crippen molar-refractivity contribution in [3.8, 4) is 11.3 Å². The molecule has 0 unspecified atom stereocenters. The fourth-order valence-corrected chi connectivity index (χ4v) is 3.84. The van der Waals surface area contributed by atoms with E-state index in [1.54, 1.807) is 18.6 Å². The summed E-state index contributed by atoms with van der Waals surface area (Å²) >= 11 is 0. The minimum Gasteiger partial charge on any atom is -0.393 e. The van der Waals surface area contributed by atoms with Crippen LogP contribution in [0.1, 0.15) is 37.3 Å². The SMILES string of the molecule is O[C@@H]1CCCC[C@H]1[C@@H]1c2ccc(F)cc2-c2cncn21. The molecule has 4 heteroatoms. The topological polar surface area (TPSA) is 38.1 Å². The maximum atomic E-state index is 13.5. The molecule has 3 nitrogen and oxygen atoms in total. The Morgan fingerprint density at radius 1 is 1.25 bits per heavy atom. The van der Waals surface area contributed by atoms with E-state index in [9.17, 15) is 9.50 Å². The molecule has 1 N–H and O–H groups in total. The number of hydrogen-bond acceptors (Lipinski definition) is 2. The highest BCUT2D eigenvalue weighted by molar-refractivity contribution is 5.69. The third-order valence-corrected chi connectivity index (χ3v) is 4.76. The van der Waals surface area contributed by atoms with Crippen molar-refractivity contribution in [2.45, 2.75) is 37.8 Å². The van der Waals surface area contributed by atoms with Crippen LogP contribution in [-0.2, 0) is 0 Å². The summed E-state index contributed by atoms with van der Waals surface area (Å²) in [5, 5.41) is 10.4. The van der Waals surface area contributed by atoms with Crippen molar-refractivity contribution in [2.24, 2.45) is 5.92 Å². The summed E-state index contributed by atoms with van der Waals surface area (Å²) in [5.74, 6) is -0.0234. The molecule has 20 heavy (non-hydrogen) atoms. The van der Waals surface area contributed by atoms with E-state index in [0.29, 0.717) is 0 Å². The van der Waals surface area contributed by atoms with Crippen LogP contribution in [0.15, 0.2) is 30.7 Å². The molecule has 1 aromatic heterocycles. The Kier molecular flexibility index (Phi) is 2.67. The quantitative estimate of drug-likeness (QED) is 0.866. The Morgan fingerprint density at radius 3 is 2.95 bits per heavy atom. The van der Waals surface area contributed by atoms with Crippen LogP contribution in [-0.4, -0.2) is 20.8 Å². The molecular formula is C16H17FN2O. The van der Waals surface area contributed by atoms with Crippen LogP contribution in [0.25, 0.3) is 11.3 Å². The second-order valence-electron chi connectivity index (χ2n) is 5.88. The van der Waals surface area contributed by atoms with Gasteiger partial charge in [-0.3, -0.25) is 0 Å². The van der Waals surface area contributed by atoms with E-state index >= 15 is 0 Å². The monoisotopic (exact) mass is 272 g/mol. The lowest BCUT2D eigenvalue weighted by Crippen LogP contribution is -2.31. The minimum absolute atomic E-state index is 0.0957. The van der Waals surface area contributed by atoms with Crippen LogP contribution < -0.4 is 0 Å². The van der Waals surface area contributed by atoms with Crippen LogP contribution in [0, 0.1) is 11.7 Å². The minimum atomic E-state index is -0.278. The Morgan fingerprint density at radius 2 is 2.10 bits per heavy atom. The molecule has 104 valence electrons. The Balaban J connectivity index is 1.85. The number of imidazole rings is 1. The van der Waals surface area contributed by atoms with E-state index in [1.165, 1.54) is 6.07 Å². The van der Waals surface area contributed by atoms with Gasteiger partial charge in [0.25, 0.3) is 0 Å². The first-order valence-corrected chi connectivity index (χ1v) is 7.25. The molecule has 0 saturated heterocycles. The summed E-state index contributed by atoms with van der Waals surface area (Å²) in [4.78, 5) is 4.20. The molecule has 1 aliphatic heterocycles. The van der Waals surface area contributed by atoms with Gasteiger partial charge in [-0.2, -0.15) is 0 Å². The number of aliphatic hydroxyl groups excluding tert-OH is 1. The van der Waals surface area contributed by atoms with Gasteiger partial charge < -0.3 is 9.67 Å². The molecule has 1 aliphatic carbocycles. The number of rotatable bonds is 1.